The zero-order valence-corrected chi connectivity index (χ0v) is 12.7. The van der Waals surface area contributed by atoms with E-state index in [0.717, 1.165) is 11.3 Å². The zero-order chi connectivity index (χ0) is 15.4. The lowest BCUT2D eigenvalue weighted by atomic mass is 10.2. The molecule has 0 aliphatic carbocycles. The summed E-state index contributed by atoms with van der Waals surface area (Å²) in [6.07, 6.45) is 6.43. The third-order valence-electron chi connectivity index (χ3n) is 2.61. The maximum absolute atomic E-state index is 11.5. The van der Waals surface area contributed by atoms with E-state index in [-0.39, 0.29) is 23.1 Å². The predicted molar refractivity (Wildman–Crippen MR) is 81.7 cm³/mol. The molecule has 0 unspecified atom stereocenters. The van der Waals surface area contributed by atoms with Gasteiger partial charge in [0.05, 0.1) is 12.3 Å². The number of carbonyl (C=O) groups is 2. The molecule has 0 fully saturated rings. The second-order valence-electron chi connectivity index (χ2n) is 3.99. The van der Waals surface area contributed by atoms with E-state index in [9.17, 15) is 9.59 Å². The van der Waals surface area contributed by atoms with Crippen LogP contribution in [0, 0.1) is 19.3 Å². The van der Waals surface area contributed by atoms with E-state index < -0.39 is 5.97 Å². The minimum atomic E-state index is -0.988. The van der Waals surface area contributed by atoms with Gasteiger partial charge in [-0.3, -0.25) is 4.79 Å². The molecule has 2 N–H and O–H groups in total. The maximum Gasteiger partial charge on any atom is 0.346 e. The van der Waals surface area contributed by atoms with Gasteiger partial charge in [-0.05, 0) is 12.5 Å². The van der Waals surface area contributed by atoms with Crippen molar-refractivity contribution in [2.24, 2.45) is 0 Å². The summed E-state index contributed by atoms with van der Waals surface area (Å²) < 4.78 is 0. The Hall–Kier alpha value is -2.11. The number of aromatic nitrogens is 2. The number of thioether (sulfide) groups is 1. The highest BCUT2D eigenvalue weighted by Gasteiger charge is 2.19. The molecule has 8 heteroatoms. The maximum atomic E-state index is 11.5. The lowest BCUT2D eigenvalue weighted by Crippen LogP contribution is -2.25. The summed E-state index contributed by atoms with van der Waals surface area (Å²) in [4.78, 5) is 31.8. The van der Waals surface area contributed by atoms with Crippen molar-refractivity contribution >= 4 is 45.2 Å². The van der Waals surface area contributed by atoms with Gasteiger partial charge in [0.2, 0.25) is 5.91 Å². The number of thiophene rings is 1. The molecule has 2 heterocycles. The van der Waals surface area contributed by atoms with Crippen molar-refractivity contribution in [1.82, 2.24) is 15.3 Å². The Morgan fingerprint density at radius 1 is 1.52 bits per heavy atom. The highest BCUT2D eigenvalue weighted by Crippen LogP contribution is 2.34. The minimum absolute atomic E-state index is 0.158. The number of carboxylic acids is 1. The van der Waals surface area contributed by atoms with E-state index in [0.29, 0.717) is 20.8 Å². The number of nitrogens with zero attached hydrogens (tertiary/aromatic N) is 2. The number of carbonyl (C=O) groups excluding carboxylic acids is 1. The van der Waals surface area contributed by atoms with Crippen molar-refractivity contribution in [3.63, 3.8) is 0 Å². The van der Waals surface area contributed by atoms with Crippen LogP contribution >= 0.6 is 23.1 Å². The van der Waals surface area contributed by atoms with E-state index in [1.165, 1.54) is 18.1 Å². The molecule has 0 aromatic carbocycles. The molecule has 108 valence electrons. The molecule has 0 saturated heterocycles. The predicted octanol–water partition coefficient (Wildman–Crippen LogP) is 1.54. The fourth-order valence-corrected chi connectivity index (χ4v) is 3.63. The summed E-state index contributed by atoms with van der Waals surface area (Å²) in [6, 6.07) is 0. The number of amides is 1. The number of aromatic carboxylic acids is 1. The lowest BCUT2D eigenvalue weighted by molar-refractivity contribution is -0.118. The van der Waals surface area contributed by atoms with E-state index in [4.69, 9.17) is 11.5 Å². The summed E-state index contributed by atoms with van der Waals surface area (Å²) in [6.45, 7) is 1.90. The summed E-state index contributed by atoms with van der Waals surface area (Å²) >= 11 is 2.33. The Kier molecular flexibility index (Phi) is 4.77. The van der Waals surface area contributed by atoms with Crippen LogP contribution < -0.4 is 5.32 Å². The first-order valence-corrected chi connectivity index (χ1v) is 7.65. The van der Waals surface area contributed by atoms with Crippen LogP contribution in [0.3, 0.4) is 0 Å². The monoisotopic (exact) mass is 321 g/mol. The van der Waals surface area contributed by atoms with Crippen molar-refractivity contribution in [2.75, 3.05) is 12.3 Å². The first kappa shape index (κ1) is 15.3. The Morgan fingerprint density at radius 2 is 2.29 bits per heavy atom. The van der Waals surface area contributed by atoms with Gasteiger partial charge in [0, 0.05) is 5.39 Å². The van der Waals surface area contributed by atoms with Gasteiger partial charge >= 0.3 is 5.97 Å². The largest absolute Gasteiger partial charge is 0.477 e. The summed E-state index contributed by atoms with van der Waals surface area (Å²) in [5.74, 6) is 1.29. The molecule has 0 bridgehead atoms. The molecule has 0 aliphatic heterocycles. The summed E-state index contributed by atoms with van der Waals surface area (Å²) in [5.41, 5.74) is 0.620. The fraction of sp³-hybridized carbons (Fsp3) is 0.231. The first-order chi connectivity index (χ1) is 10.0. The number of fused-ring (bicyclic) bond motifs is 1. The molecule has 0 saturated carbocycles. The Bertz CT molecular complexity index is 749. The zero-order valence-electron chi connectivity index (χ0n) is 11.0. The quantitative estimate of drug-likeness (QED) is 0.493. The van der Waals surface area contributed by atoms with Gasteiger partial charge in [-0.2, -0.15) is 0 Å². The number of hydrogen-bond acceptors (Lipinski definition) is 6. The number of rotatable bonds is 5. The van der Waals surface area contributed by atoms with Crippen LogP contribution in [-0.4, -0.2) is 39.2 Å². The van der Waals surface area contributed by atoms with E-state index >= 15 is 0 Å². The van der Waals surface area contributed by atoms with Crippen LogP contribution in [0.4, 0.5) is 0 Å². The van der Waals surface area contributed by atoms with Crippen molar-refractivity contribution in [3.05, 3.63) is 16.8 Å². The number of carboxylic acid groups (broad SMARTS) is 1. The molecule has 2 aromatic rings. The normalized spacial score (nSPS) is 10.3. The van der Waals surface area contributed by atoms with Gasteiger partial charge < -0.3 is 10.4 Å². The Labute approximate surface area is 129 Å². The second kappa shape index (κ2) is 6.56. The van der Waals surface area contributed by atoms with Crippen LogP contribution in [0.25, 0.3) is 10.2 Å². The molecule has 6 nitrogen and oxygen atoms in total. The highest BCUT2D eigenvalue weighted by atomic mass is 32.2. The van der Waals surface area contributed by atoms with Crippen molar-refractivity contribution in [1.29, 1.82) is 0 Å². The topological polar surface area (TPSA) is 92.2 Å². The first-order valence-electron chi connectivity index (χ1n) is 5.85. The third kappa shape index (κ3) is 3.32. The van der Waals surface area contributed by atoms with Gasteiger partial charge in [0.15, 0.2) is 0 Å². The highest BCUT2D eigenvalue weighted by molar-refractivity contribution is 8.00. The number of aryl methyl sites for hydroxylation is 1. The molecule has 0 atom stereocenters. The smallest absolute Gasteiger partial charge is 0.346 e. The molecule has 0 spiro atoms. The number of terminal acetylenes is 1. The van der Waals surface area contributed by atoms with Gasteiger partial charge in [0.25, 0.3) is 0 Å². The molecular weight excluding hydrogens is 310 g/mol. The number of nitrogens with one attached hydrogen (secondary N) is 1. The van der Waals surface area contributed by atoms with Gasteiger partial charge in [0.1, 0.15) is 21.1 Å². The van der Waals surface area contributed by atoms with Gasteiger partial charge in [-0.25, -0.2) is 14.8 Å². The third-order valence-corrected chi connectivity index (χ3v) is 4.79. The molecular formula is C13H11N3O3S2. The fourth-order valence-electron chi connectivity index (χ4n) is 1.69. The molecule has 0 radical (unpaired) electrons. The number of hydrogen-bond donors (Lipinski definition) is 2. The van der Waals surface area contributed by atoms with Crippen LogP contribution in [0.1, 0.15) is 15.2 Å². The Morgan fingerprint density at radius 3 is 2.95 bits per heavy atom. The molecule has 0 aliphatic rings. The van der Waals surface area contributed by atoms with Crippen LogP contribution in [0.2, 0.25) is 0 Å². The van der Waals surface area contributed by atoms with Crippen molar-refractivity contribution < 1.29 is 14.7 Å². The summed E-state index contributed by atoms with van der Waals surface area (Å²) in [5, 5.41) is 13.0. The summed E-state index contributed by atoms with van der Waals surface area (Å²) in [7, 11) is 0. The SMILES string of the molecule is C#CCNC(=O)CSc1ncnc2sc(C(=O)O)c(C)c12. The molecule has 2 rings (SSSR count). The standard InChI is InChI=1S/C13H11N3O3S2/c1-3-4-14-8(17)5-20-11-9-7(2)10(13(18)19)21-12(9)16-6-15-11/h1,6H,4-5H2,2H3,(H,14,17)(H,18,19). The molecule has 1 amide bonds. The molecule has 2 aromatic heterocycles. The van der Waals surface area contributed by atoms with E-state index in [1.807, 2.05) is 0 Å². The second-order valence-corrected chi connectivity index (χ2v) is 5.95. The van der Waals surface area contributed by atoms with Crippen LogP contribution in [-0.2, 0) is 4.79 Å². The Balaban J connectivity index is 2.26. The van der Waals surface area contributed by atoms with Gasteiger partial charge in [-0.15, -0.1) is 17.8 Å². The lowest BCUT2D eigenvalue weighted by Gasteiger charge is -2.03. The van der Waals surface area contributed by atoms with Crippen LogP contribution in [0.15, 0.2) is 11.4 Å². The van der Waals surface area contributed by atoms with Crippen molar-refractivity contribution in [2.45, 2.75) is 11.9 Å². The van der Waals surface area contributed by atoms with Crippen LogP contribution in [0.5, 0.6) is 0 Å². The van der Waals surface area contributed by atoms with Gasteiger partial charge in [-0.1, -0.05) is 17.7 Å². The van der Waals surface area contributed by atoms with E-state index in [1.54, 1.807) is 6.92 Å². The van der Waals surface area contributed by atoms with E-state index in [2.05, 4.69) is 21.2 Å². The average Bonchev–Trinajstić information content (AvgIpc) is 2.81. The van der Waals surface area contributed by atoms with Crippen molar-refractivity contribution in [3.8, 4) is 12.3 Å². The molecule has 21 heavy (non-hydrogen) atoms. The average molecular weight is 321 g/mol. The minimum Gasteiger partial charge on any atom is -0.477 e.